The summed E-state index contributed by atoms with van der Waals surface area (Å²) in [6, 6.07) is 12.2. The highest BCUT2D eigenvalue weighted by Crippen LogP contribution is 2.26. The van der Waals surface area contributed by atoms with Crippen LogP contribution in [0.1, 0.15) is 36.1 Å². The average Bonchev–Trinajstić information content (AvgIpc) is 3.21. The smallest absolute Gasteiger partial charge is 0.270 e. The van der Waals surface area contributed by atoms with E-state index >= 15 is 0 Å². The van der Waals surface area contributed by atoms with E-state index in [2.05, 4.69) is 15.5 Å². The molecular weight excluding hydrogens is 376 g/mol. The molecule has 0 saturated carbocycles. The van der Waals surface area contributed by atoms with Gasteiger partial charge in [0.05, 0.1) is 12.0 Å². The lowest BCUT2D eigenvalue weighted by Crippen LogP contribution is -2.32. The minimum atomic E-state index is -0.561. The van der Waals surface area contributed by atoms with Crippen LogP contribution in [0.5, 0.6) is 5.75 Å². The molecule has 1 N–H and O–H groups in total. The first kappa shape index (κ1) is 20.0. The number of rotatable bonds is 7. The molecule has 0 saturated heterocycles. The van der Waals surface area contributed by atoms with Gasteiger partial charge in [-0.25, -0.2) is 0 Å². The van der Waals surface area contributed by atoms with Crippen LogP contribution in [0.2, 0.25) is 0 Å². The van der Waals surface area contributed by atoms with Crippen molar-refractivity contribution < 1.29 is 19.0 Å². The molecule has 0 spiro atoms. The maximum absolute atomic E-state index is 12.6. The number of ether oxygens (including phenoxy) is 1. The number of carbonyl (C=O) groups is 1. The summed E-state index contributed by atoms with van der Waals surface area (Å²) in [5.41, 5.74) is 0.737. The number of carbonyl (C=O) groups excluding carboxylic acids is 1. The molecule has 0 unspecified atom stereocenters. The summed E-state index contributed by atoms with van der Waals surface area (Å²) in [4.78, 5) is 27.4. The molecule has 3 aromatic rings. The fraction of sp³-hybridized carbons (Fsp3) is 0.250. The summed E-state index contributed by atoms with van der Waals surface area (Å²) in [7, 11) is 1.57. The highest BCUT2D eigenvalue weighted by Gasteiger charge is 2.26. The van der Waals surface area contributed by atoms with Gasteiger partial charge in [0.25, 0.3) is 11.6 Å². The zero-order valence-electron chi connectivity index (χ0n) is 16.2. The van der Waals surface area contributed by atoms with Crippen molar-refractivity contribution >= 4 is 11.6 Å². The third kappa shape index (κ3) is 4.57. The lowest BCUT2D eigenvalue weighted by atomic mass is 10.0. The predicted molar refractivity (Wildman–Crippen MR) is 104 cm³/mol. The van der Waals surface area contributed by atoms with E-state index in [9.17, 15) is 14.9 Å². The number of nitro benzene ring substituents is 1. The summed E-state index contributed by atoms with van der Waals surface area (Å²) in [6.07, 6.45) is 0. The van der Waals surface area contributed by atoms with Crippen molar-refractivity contribution in [3.8, 4) is 17.1 Å². The van der Waals surface area contributed by atoms with E-state index in [1.165, 1.54) is 24.3 Å². The van der Waals surface area contributed by atoms with E-state index in [-0.39, 0.29) is 23.1 Å². The van der Waals surface area contributed by atoms with E-state index in [0.717, 1.165) is 0 Å². The Balaban J connectivity index is 1.83. The van der Waals surface area contributed by atoms with Crippen LogP contribution in [-0.4, -0.2) is 28.1 Å². The van der Waals surface area contributed by atoms with E-state index in [1.807, 2.05) is 26.0 Å². The van der Waals surface area contributed by atoms with Gasteiger partial charge in [-0.3, -0.25) is 14.9 Å². The average molecular weight is 396 g/mol. The van der Waals surface area contributed by atoms with E-state index in [4.69, 9.17) is 9.26 Å². The lowest BCUT2D eigenvalue weighted by Gasteiger charge is -2.18. The number of nitrogens with one attached hydrogen (secondary N) is 1. The van der Waals surface area contributed by atoms with Crippen LogP contribution < -0.4 is 10.1 Å². The summed E-state index contributed by atoms with van der Waals surface area (Å²) in [6.45, 7) is 3.79. The summed E-state index contributed by atoms with van der Waals surface area (Å²) < 4.78 is 10.6. The molecule has 0 aliphatic carbocycles. The third-order valence-corrected chi connectivity index (χ3v) is 4.31. The minimum Gasteiger partial charge on any atom is -0.497 e. The maximum Gasteiger partial charge on any atom is 0.270 e. The van der Waals surface area contributed by atoms with Gasteiger partial charge >= 0.3 is 0 Å². The molecule has 1 atom stereocenters. The van der Waals surface area contributed by atoms with Gasteiger partial charge in [0.15, 0.2) is 0 Å². The molecule has 0 radical (unpaired) electrons. The van der Waals surface area contributed by atoms with Gasteiger partial charge in [0.2, 0.25) is 11.7 Å². The second-order valence-electron chi connectivity index (χ2n) is 6.69. The Kier molecular flexibility index (Phi) is 5.87. The second kappa shape index (κ2) is 8.51. The van der Waals surface area contributed by atoms with Crippen molar-refractivity contribution in [1.29, 1.82) is 0 Å². The van der Waals surface area contributed by atoms with Crippen molar-refractivity contribution in [3.63, 3.8) is 0 Å². The van der Waals surface area contributed by atoms with Crippen LogP contribution in [0.25, 0.3) is 11.4 Å². The van der Waals surface area contributed by atoms with Gasteiger partial charge in [-0.15, -0.1) is 0 Å². The molecule has 0 aliphatic rings. The molecule has 2 aromatic carbocycles. The molecule has 1 heterocycles. The predicted octanol–water partition coefficient (Wildman–Crippen LogP) is 3.78. The molecular formula is C20H20N4O5. The first-order chi connectivity index (χ1) is 13.9. The third-order valence-electron chi connectivity index (χ3n) is 4.31. The number of hydrogen-bond donors (Lipinski definition) is 1. The van der Waals surface area contributed by atoms with Crippen LogP contribution in [0.4, 0.5) is 5.69 Å². The minimum absolute atomic E-state index is 0.0590. The lowest BCUT2D eigenvalue weighted by molar-refractivity contribution is -0.384. The number of benzene rings is 2. The molecule has 1 amide bonds. The summed E-state index contributed by atoms with van der Waals surface area (Å²) in [5.74, 6) is 0.753. The van der Waals surface area contributed by atoms with Crippen LogP contribution in [0.3, 0.4) is 0 Å². The SMILES string of the molecule is COc1cccc(-c2noc([C@@H](NC(=O)c3cccc([N+](=O)[O-])c3)C(C)C)n2)c1. The number of methoxy groups -OCH3 is 1. The van der Waals surface area contributed by atoms with Gasteiger partial charge in [-0.1, -0.05) is 37.2 Å². The first-order valence-electron chi connectivity index (χ1n) is 8.92. The van der Waals surface area contributed by atoms with Crippen molar-refractivity contribution in [3.05, 3.63) is 70.1 Å². The quantitative estimate of drug-likeness (QED) is 0.476. The zero-order chi connectivity index (χ0) is 21.0. The van der Waals surface area contributed by atoms with Crippen LogP contribution in [-0.2, 0) is 0 Å². The normalized spacial score (nSPS) is 11.9. The Morgan fingerprint density at radius 1 is 1.21 bits per heavy atom. The summed E-state index contributed by atoms with van der Waals surface area (Å²) in [5, 5.41) is 17.8. The Morgan fingerprint density at radius 3 is 2.66 bits per heavy atom. The molecule has 9 heteroatoms. The number of nitro groups is 1. The van der Waals surface area contributed by atoms with Gasteiger partial charge < -0.3 is 14.6 Å². The van der Waals surface area contributed by atoms with E-state index in [1.54, 1.807) is 19.2 Å². The van der Waals surface area contributed by atoms with Crippen molar-refractivity contribution in [2.24, 2.45) is 5.92 Å². The highest BCUT2D eigenvalue weighted by atomic mass is 16.6. The number of aromatic nitrogens is 2. The second-order valence-corrected chi connectivity index (χ2v) is 6.69. The monoisotopic (exact) mass is 396 g/mol. The van der Waals surface area contributed by atoms with Gasteiger partial charge in [0, 0.05) is 23.3 Å². The Morgan fingerprint density at radius 2 is 1.97 bits per heavy atom. The number of hydrogen-bond acceptors (Lipinski definition) is 7. The number of non-ortho nitro benzene ring substituents is 1. The largest absolute Gasteiger partial charge is 0.497 e. The highest BCUT2D eigenvalue weighted by molar-refractivity contribution is 5.95. The molecule has 150 valence electrons. The van der Waals surface area contributed by atoms with Crippen molar-refractivity contribution in [2.45, 2.75) is 19.9 Å². The Labute approximate surface area is 166 Å². The topological polar surface area (TPSA) is 120 Å². The van der Waals surface area contributed by atoms with E-state index in [0.29, 0.717) is 17.1 Å². The van der Waals surface area contributed by atoms with Crippen LogP contribution >= 0.6 is 0 Å². The molecule has 0 aliphatic heterocycles. The molecule has 9 nitrogen and oxygen atoms in total. The first-order valence-corrected chi connectivity index (χ1v) is 8.92. The van der Waals surface area contributed by atoms with Gasteiger partial charge in [0.1, 0.15) is 11.8 Å². The van der Waals surface area contributed by atoms with Crippen molar-refractivity contribution in [2.75, 3.05) is 7.11 Å². The fourth-order valence-corrected chi connectivity index (χ4v) is 2.74. The molecule has 29 heavy (non-hydrogen) atoms. The fourth-order valence-electron chi connectivity index (χ4n) is 2.74. The Hall–Kier alpha value is -3.75. The molecule has 1 aromatic heterocycles. The maximum atomic E-state index is 12.6. The number of nitrogens with zero attached hydrogens (tertiary/aromatic N) is 3. The molecule has 0 bridgehead atoms. The van der Waals surface area contributed by atoms with Crippen LogP contribution in [0.15, 0.2) is 53.1 Å². The molecule has 0 fully saturated rings. The van der Waals surface area contributed by atoms with Gasteiger partial charge in [-0.05, 0) is 24.1 Å². The zero-order valence-corrected chi connectivity index (χ0v) is 16.2. The Bertz CT molecular complexity index is 1030. The van der Waals surface area contributed by atoms with Gasteiger partial charge in [-0.2, -0.15) is 4.98 Å². The van der Waals surface area contributed by atoms with E-state index < -0.39 is 16.9 Å². The van der Waals surface area contributed by atoms with Crippen molar-refractivity contribution in [1.82, 2.24) is 15.5 Å². The molecule has 3 rings (SSSR count). The number of amides is 1. The summed E-state index contributed by atoms with van der Waals surface area (Å²) >= 11 is 0. The van der Waals surface area contributed by atoms with Crippen LogP contribution in [0, 0.1) is 16.0 Å². The standard InChI is InChI=1S/C20H20N4O5/c1-12(2)17(21-19(25)14-7-4-8-15(10-14)24(26)27)20-22-18(23-29-20)13-6-5-9-16(11-13)28-3/h4-12,17H,1-3H3,(H,21,25)/t17-/m0/s1.